The first kappa shape index (κ1) is 10.9. The molecule has 0 aliphatic heterocycles. The van der Waals surface area contributed by atoms with Crippen LogP contribution >= 0.6 is 11.3 Å². The van der Waals surface area contributed by atoms with E-state index in [1.807, 2.05) is 11.3 Å². The van der Waals surface area contributed by atoms with Crippen LogP contribution in [0.1, 0.15) is 35.1 Å². The van der Waals surface area contributed by atoms with Crippen LogP contribution in [0.2, 0.25) is 0 Å². The fourth-order valence-corrected chi connectivity index (χ4v) is 3.22. The lowest BCUT2D eigenvalue weighted by Crippen LogP contribution is -2.13. The van der Waals surface area contributed by atoms with Crippen LogP contribution in [0, 0.1) is 0 Å². The molecule has 1 aromatic heterocycles. The molecule has 1 aliphatic rings. The Labute approximate surface area is 96.2 Å². The maximum atomic E-state index is 3.90. The van der Waals surface area contributed by atoms with Crippen LogP contribution in [0.3, 0.4) is 0 Å². The van der Waals surface area contributed by atoms with Gasteiger partial charge in [0, 0.05) is 16.3 Å². The molecule has 1 N–H and O–H groups in total. The molecule has 0 spiro atoms. The van der Waals surface area contributed by atoms with Crippen LogP contribution in [-0.2, 0) is 19.4 Å². The maximum Gasteiger partial charge on any atom is 0.0300 e. The summed E-state index contributed by atoms with van der Waals surface area (Å²) in [6.07, 6.45) is 5.07. The minimum absolute atomic E-state index is 1.03. The van der Waals surface area contributed by atoms with E-state index in [2.05, 4.69) is 24.9 Å². The van der Waals surface area contributed by atoms with Crippen molar-refractivity contribution in [1.82, 2.24) is 5.32 Å². The highest BCUT2D eigenvalue weighted by atomic mass is 32.1. The highest BCUT2D eigenvalue weighted by molar-refractivity contribution is 7.12. The van der Waals surface area contributed by atoms with Crippen LogP contribution in [0.25, 0.3) is 0 Å². The summed E-state index contributed by atoms with van der Waals surface area (Å²) >= 11 is 2.00. The normalized spacial score (nSPS) is 14.2. The zero-order valence-electron chi connectivity index (χ0n) is 9.44. The van der Waals surface area contributed by atoms with E-state index < -0.39 is 0 Å². The predicted octanol–water partition coefficient (Wildman–Crippen LogP) is 3.29. The van der Waals surface area contributed by atoms with Gasteiger partial charge in [0.1, 0.15) is 0 Å². The lowest BCUT2D eigenvalue weighted by atomic mass is 10.2. The molecule has 0 aromatic carbocycles. The molecule has 2 rings (SSSR count). The van der Waals surface area contributed by atoms with E-state index in [9.17, 15) is 0 Å². The summed E-state index contributed by atoms with van der Waals surface area (Å²) in [7, 11) is 0. The second-order valence-electron chi connectivity index (χ2n) is 4.40. The zero-order valence-corrected chi connectivity index (χ0v) is 10.3. The van der Waals surface area contributed by atoms with E-state index in [1.54, 1.807) is 10.4 Å². The molecule has 1 aromatic rings. The Morgan fingerprint density at radius 3 is 3.13 bits per heavy atom. The van der Waals surface area contributed by atoms with Crippen LogP contribution in [-0.4, -0.2) is 6.54 Å². The van der Waals surface area contributed by atoms with Crippen LogP contribution in [0.4, 0.5) is 0 Å². The number of nitrogens with one attached hydrogen (secondary N) is 1. The van der Waals surface area contributed by atoms with Crippen LogP contribution in [0.5, 0.6) is 0 Å². The van der Waals surface area contributed by atoms with Crippen molar-refractivity contribution < 1.29 is 0 Å². The summed E-state index contributed by atoms with van der Waals surface area (Å²) in [5.41, 5.74) is 2.87. The molecule has 0 atom stereocenters. The fourth-order valence-electron chi connectivity index (χ4n) is 1.99. The predicted molar refractivity (Wildman–Crippen MR) is 67.5 cm³/mol. The highest BCUT2D eigenvalue weighted by Gasteiger charge is 2.14. The van der Waals surface area contributed by atoms with Crippen molar-refractivity contribution >= 4 is 11.3 Å². The Morgan fingerprint density at radius 1 is 1.53 bits per heavy atom. The fraction of sp³-hybridized carbons (Fsp3) is 0.538. The second-order valence-corrected chi connectivity index (χ2v) is 5.62. The topological polar surface area (TPSA) is 12.0 Å². The first-order chi connectivity index (χ1) is 7.25. The van der Waals surface area contributed by atoms with Gasteiger partial charge in [-0.3, -0.25) is 0 Å². The number of rotatable bonds is 5. The SMILES string of the molecule is C=C(C)CCNCc1cc2c(s1)CCC2. The molecule has 0 bridgehead atoms. The van der Waals surface area contributed by atoms with Gasteiger partial charge >= 0.3 is 0 Å². The highest BCUT2D eigenvalue weighted by Crippen LogP contribution is 2.30. The van der Waals surface area contributed by atoms with Crippen LogP contribution in [0.15, 0.2) is 18.2 Å². The average Bonchev–Trinajstić information content (AvgIpc) is 2.71. The first-order valence-electron chi connectivity index (χ1n) is 5.71. The van der Waals surface area contributed by atoms with Crippen LogP contribution < -0.4 is 5.32 Å². The minimum atomic E-state index is 1.03. The molecule has 0 unspecified atom stereocenters. The van der Waals surface area contributed by atoms with Gasteiger partial charge in [-0.1, -0.05) is 5.57 Å². The van der Waals surface area contributed by atoms with Crippen molar-refractivity contribution in [2.24, 2.45) is 0 Å². The van der Waals surface area contributed by atoms with E-state index in [-0.39, 0.29) is 0 Å². The molecule has 0 saturated carbocycles. The lowest BCUT2D eigenvalue weighted by molar-refractivity contribution is 0.691. The monoisotopic (exact) mass is 221 g/mol. The number of hydrogen-bond donors (Lipinski definition) is 1. The second kappa shape index (κ2) is 4.95. The third-order valence-corrected chi connectivity index (χ3v) is 4.06. The van der Waals surface area contributed by atoms with Gasteiger partial charge < -0.3 is 5.32 Å². The van der Waals surface area contributed by atoms with Crippen molar-refractivity contribution in [3.8, 4) is 0 Å². The number of aryl methyl sites for hydroxylation is 2. The largest absolute Gasteiger partial charge is 0.312 e. The van der Waals surface area contributed by atoms with Gasteiger partial charge in [0.25, 0.3) is 0 Å². The molecule has 2 heteroatoms. The Bertz CT molecular complexity index is 330. The van der Waals surface area contributed by atoms with Gasteiger partial charge in [-0.15, -0.1) is 17.9 Å². The van der Waals surface area contributed by atoms with Crippen molar-refractivity contribution in [2.75, 3.05) is 6.54 Å². The number of fused-ring (bicyclic) bond motifs is 1. The van der Waals surface area contributed by atoms with Gasteiger partial charge in [0.15, 0.2) is 0 Å². The summed E-state index contributed by atoms with van der Waals surface area (Å²) in [6, 6.07) is 2.39. The molecule has 0 fully saturated rings. The van der Waals surface area contributed by atoms with Crippen molar-refractivity contribution in [3.05, 3.63) is 33.5 Å². The Balaban J connectivity index is 1.77. The Morgan fingerprint density at radius 2 is 2.40 bits per heavy atom. The Hall–Kier alpha value is -0.600. The maximum absolute atomic E-state index is 3.90. The van der Waals surface area contributed by atoms with Gasteiger partial charge in [-0.25, -0.2) is 0 Å². The number of hydrogen-bond acceptors (Lipinski definition) is 2. The molecule has 0 amide bonds. The molecule has 82 valence electrons. The average molecular weight is 221 g/mol. The standard InChI is InChI=1S/C13H19NS/c1-10(2)6-7-14-9-12-8-11-4-3-5-13(11)15-12/h8,14H,1,3-7,9H2,2H3. The zero-order chi connectivity index (χ0) is 10.7. The van der Waals surface area contributed by atoms with E-state index in [4.69, 9.17) is 0 Å². The third kappa shape index (κ3) is 2.93. The van der Waals surface area contributed by atoms with Gasteiger partial charge in [-0.05, 0) is 50.8 Å². The van der Waals surface area contributed by atoms with Crippen molar-refractivity contribution in [3.63, 3.8) is 0 Å². The molecular weight excluding hydrogens is 202 g/mol. The van der Waals surface area contributed by atoms with Gasteiger partial charge in [0.05, 0.1) is 0 Å². The molecule has 15 heavy (non-hydrogen) atoms. The minimum Gasteiger partial charge on any atom is -0.312 e. The first-order valence-corrected chi connectivity index (χ1v) is 6.53. The van der Waals surface area contributed by atoms with Gasteiger partial charge in [-0.2, -0.15) is 0 Å². The molecule has 0 saturated heterocycles. The van der Waals surface area contributed by atoms with E-state index in [1.165, 1.54) is 29.7 Å². The van der Waals surface area contributed by atoms with Crippen molar-refractivity contribution in [2.45, 2.75) is 39.2 Å². The van der Waals surface area contributed by atoms with E-state index in [0.717, 1.165) is 19.5 Å². The summed E-state index contributed by atoms with van der Waals surface area (Å²) in [6.45, 7) is 8.07. The molecule has 1 aliphatic carbocycles. The molecule has 1 nitrogen and oxygen atoms in total. The lowest BCUT2D eigenvalue weighted by Gasteiger charge is -2.02. The molecule has 1 heterocycles. The third-order valence-electron chi connectivity index (χ3n) is 2.83. The molecular formula is C13H19NS. The quantitative estimate of drug-likeness (QED) is 0.594. The van der Waals surface area contributed by atoms with E-state index in [0.29, 0.717) is 0 Å². The Kier molecular flexibility index (Phi) is 3.60. The summed E-state index contributed by atoms with van der Waals surface area (Å²) in [5, 5.41) is 3.47. The summed E-state index contributed by atoms with van der Waals surface area (Å²) in [4.78, 5) is 3.13. The molecule has 0 radical (unpaired) electrons. The van der Waals surface area contributed by atoms with E-state index >= 15 is 0 Å². The smallest absolute Gasteiger partial charge is 0.0300 e. The number of thiophene rings is 1. The summed E-state index contributed by atoms with van der Waals surface area (Å²) in [5.74, 6) is 0. The van der Waals surface area contributed by atoms with Gasteiger partial charge in [0.2, 0.25) is 0 Å². The summed E-state index contributed by atoms with van der Waals surface area (Å²) < 4.78 is 0. The van der Waals surface area contributed by atoms with Crippen molar-refractivity contribution in [1.29, 1.82) is 0 Å².